The van der Waals surface area contributed by atoms with E-state index >= 15 is 0 Å². The second kappa shape index (κ2) is 9.49. The number of benzene rings is 2. The van der Waals surface area contributed by atoms with Gasteiger partial charge in [-0.2, -0.15) is 0 Å². The van der Waals surface area contributed by atoms with Gasteiger partial charge in [0.2, 0.25) is 5.91 Å². The van der Waals surface area contributed by atoms with Crippen LogP contribution in [0, 0.1) is 13.8 Å². The zero-order valence-electron chi connectivity index (χ0n) is 17.2. The number of carbonyl (C=O) groups is 3. The summed E-state index contributed by atoms with van der Waals surface area (Å²) >= 11 is 6.27. The Balaban J connectivity index is 1.68. The number of rotatable bonds is 7. The molecule has 160 valence electrons. The molecule has 8 heteroatoms. The summed E-state index contributed by atoms with van der Waals surface area (Å²) in [6.45, 7) is 4.04. The highest BCUT2D eigenvalue weighted by Crippen LogP contribution is 2.23. The molecule has 0 aliphatic carbocycles. The largest absolute Gasteiger partial charge is 0.368 e. The topological polar surface area (TPSA) is 106 Å². The van der Waals surface area contributed by atoms with Crippen LogP contribution < -0.4 is 16.4 Å². The van der Waals surface area contributed by atoms with E-state index in [0.29, 0.717) is 16.1 Å². The molecule has 0 saturated heterocycles. The molecule has 4 N–H and O–H groups in total. The molecule has 0 bridgehead atoms. The first kappa shape index (κ1) is 22.1. The molecular formula is C23H23ClN4O3. The molecule has 7 nitrogen and oxygen atoms in total. The number of primary amides is 1. The van der Waals surface area contributed by atoms with Crippen molar-refractivity contribution >= 4 is 29.3 Å². The Bertz CT molecular complexity index is 1120. The van der Waals surface area contributed by atoms with E-state index in [9.17, 15) is 14.4 Å². The van der Waals surface area contributed by atoms with Gasteiger partial charge in [-0.05, 0) is 61.9 Å². The van der Waals surface area contributed by atoms with Crippen LogP contribution in [0.25, 0.3) is 5.69 Å². The lowest BCUT2D eigenvalue weighted by Crippen LogP contribution is -2.33. The zero-order valence-corrected chi connectivity index (χ0v) is 18.0. The predicted octanol–water partition coefficient (Wildman–Crippen LogP) is 2.89. The minimum absolute atomic E-state index is 0.224. The van der Waals surface area contributed by atoms with Gasteiger partial charge >= 0.3 is 0 Å². The highest BCUT2D eigenvalue weighted by atomic mass is 35.5. The van der Waals surface area contributed by atoms with Crippen molar-refractivity contribution < 1.29 is 14.4 Å². The predicted molar refractivity (Wildman–Crippen MR) is 119 cm³/mol. The highest BCUT2D eigenvalue weighted by Gasteiger charge is 2.14. The second-order valence-electron chi connectivity index (χ2n) is 7.14. The Morgan fingerprint density at radius 1 is 0.903 bits per heavy atom. The van der Waals surface area contributed by atoms with Crippen LogP contribution in [0.3, 0.4) is 0 Å². The molecule has 0 radical (unpaired) electrons. The quantitative estimate of drug-likeness (QED) is 0.528. The first-order chi connectivity index (χ1) is 14.8. The number of amides is 3. The summed E-state index contributed by atoms with van der Waals surface area (Å²) in [4.78, 5) is 35.4. The number of aromatic nitrogens is 1. The number of nitrogens with one attached hydrogen (secondary N) is 2. The van der Waals surface area contributed by atoms with Gasteiger partial charge in [-0.25, -0.2) is 0 Å². The second-order valence-corrected chi connectivity index (χ2v) is 7.55. The van der Waals surface area contributed by atoms with Crippen LogP contribution in [0.4, 0.5) is 0 Å². The van der Waals surface area contributed by atoms with Gasteiger partial charge < -0.3 is 20.9 Å². The summed E-state index contributed by atoms with van der Waals surface area (Å²) in [6.07, 6.45) is 0. The lowest BCUT2D eigenvalue weighted by Gasteiger charge is -2.13. The van der Waals surface area contributed by atoms with Gasteiger partial charge in [0.25, 0.3) is 11.8 Å². The van der Waals surface area contributed by atoms with Gasteiger partial charge in [0.05, 0.1) is 17.1 Å². The highest BCUT2D eigenvalue weighted by molar-refractivity contribution is 6.33. The standard InChI is InChI=1S/C23H23ClN4O3/c1-14-3-4-15(2)28(14)18-9-10-20(24)19(11-18)23(31)26-12-16-5-7-17(8-6-16)22(30)27-13-21(25)29/h3-11H,12-13H2,1-2H3,(H2,25,29)(H,26,31)(H,27,30). The van der Waals surface area contributed by atoms with Crippen molar-refractivity contribution in [2.24, 2.45) is 5.73 Å². The molecule has 1 aromatic heterocycles. The summed E-state index contributed by atoms with van der Waals surface area (Å²) in [5, 5.41) is 5.64. The summed E-state index contributed by atoms with van der Waals surface area (Å²) < 4.78 is 2.05. The Morgan fingerprint density at radius 3 is 2.16 bits per heavy atom. The Morgan fingerprint density at radius 2 is 1.55 bits per heavy atom. The normalized spacial score (nSPS) is 10.5. The van der Waals surface area contributed by atoms with Crippen LogP contribution >= 0.6 is 11.6 Å². The van der Waals surface area contributed by atoms with E-state index in [-0.39, 0.29) is 19.0 Å². The van der Waals surface area contributed by atoms with Crippen LogP contribution in [-0.4, -0.2) is 28.8 Å². The fourth-order valence-electron chi connectivity index (χ4n) is 3.22. The monoisotopic (exact) mass is 438 g/mol. The third-order valence-electron chi connectivity index (χ3n) is 4.82. The smallest absolute Gasteiger partial charge is 0.253 e. The molecule has 0 atom stereocenters. The average Bonchev–Trinajstić information content (AvgIpc) is 3.09. The van der Waals surface area contributed by atoms with Crippen LogP contribution in [0.5, 0.6) is 0 Å². The van der Waals surface area contributed by atoms with E-state index in [4.69, 9.17) is 17.3 Å². The van der Waals surface area contributed by atoms with Crippen molar-refractivity contribution in [1.82, 2.24) is 15.2 Å². The molecule has 0 aliphatic heterocycles. The summed E-state index contributed by atoms with van der Waals surface area (Å²) in [7, 11) is 0. The minimum Gasteiger partial charge on any atom is -0.368 e. The third-order valence-corrected chi connectivity index (χ3v) is 5.15. The lowest BCUT2D eigenvalue weighted by molar-refractivity contribution is -0.117. The van der Waals surface area contributed by atoms with Crippen molar-refractivity contribution in [1.29, 1.82) is 0 Å². The Labute approximate surface area is 185 Å². The van der Waals surface area contributed by atoms with Crippen molar-refractivity contribution in [2.45, 2.75) is 20.4 Å². The summed E-state index contributed by atoms with van der Waals surface area (Å²) in [5.74, 6) is -1.30. The molecule has 3 aromatic rings. The van der Waals surface area contributed by atoms with Gasteiger partial charge in [-0.1, -0.05) is 23.7 Å². The van der Waals surface area contributed by atoms with E-state index in [1.165, 1.54) is 0 Å². The fraction of sp³-hybridized carbons (Fsp3) is 0.174. The first-order valence-electron chi connectivity index (χ1n) is 9.65. The maximum Gasteiger partial charge on any atom is 0.253 e. The average molecular weight is 439 g/mol. The molecule has 31 heavy (non-hydrogen) atoms. The number of carbonyl (C=O) groups excluding carboxylic acids is 3. The lowest BCUT2D eigenvalue weighted by atomic mass is 10.1. The number of hydrogen-bond acceptors (Lipinski definition) is 3. The number of nitrogens with two attached hydrogens (primary N) is 1. The fourth-order valence-corrected chi connectivity index (χ4v) is 3.43. The van der Waals surface area contributed by atoms with Crippen molar-refractivity contribution in [3.8, 4) is 5.69 Å². The summed E-state index contributed by atoms with van der Waals surface area (Å²) in [5.41, 5.74) is 9.59. The molecule has 0 aliphatic rings. The molecule has 2 aromatic carbocycles. The van der Waals surface area contributed by atoms with Crippen molar-refractivity contribution in [2.75, 3.05) is 6.54 Å². The molecule has 0 spiro atoms. The van der Waals surface area contributed by atoms with Crippen LogP contribution in [0.15, 0.2) is 54.6 Å². The summed E-state index contributed by atoms with van der Waals surface area (Å²) in [6, 6.07) is 16.1. The Hall–Kier alpha value is -3.58. The minimum atomic E-state index is -0.613. The number of aryl methyl sites for hydroxylation is 2. The number of hydrogen-bond donors (Lipinski definition) is 3. The third kappa shape index (κ3) is 5.32. The van der Waals surface area contributed by atoms with Gasteiger partial charge in [0.1, 0.15) is 0 Å². The first-order valence-corrected chi connectivity index (χ1v) is 10.0. The van der Waals surface area contributed by atoms with E-state index in [1.807, 2.05) is 32.0 Å². The maximum atomic E-state index is 12.7. The van der Waals surface area contributed by atoms with Gasteiger partial charge in [-0.3, -0.25) is 14.4 Å². The van der Waals surface area contributed by atoms with Crippen molar-refractivity contribution in [3.05, 3.63) is 87.7 Å². The van der Waals surface area contributed by atoms with E-state index < -0.39 is 11.8 Å². The van der Waals surface area contributed by atoms with Crippen molar-refractivity contribution in [3.63, 3.8) is 0 Å². The molecule has 3 amide bonds. The van der Waals surface area contributed by atoms with Gasteiger partial charge in [0.15, 0.2) is 0 Å². The molecule has 0 fully saturated rings. The van der Waals surface area contributed by atoms with Gasteiger partial charge in [0, 0.05) is 29.2 Å². The zero-order chi connectivity index (χ0) is 22.5. The van der Waals surface area contributed by atoms with E-state index in [0.717, 1.165) is 22.6 Å². The number of halogens is 1. The van der Waals surface area contributed by atoms with E-state index in [2.05, 4.69) is 15.2 Å². The van der Waals surface area contributed by atoms with Gasteiger partial charge in [-0.15, -0.1) is 0 Å². The van der Waals surface area contributed by atoms with E-state index in [1.54, 1.807) is 36.4 Å². The molecule has 0 saturated carbocycles. The molecule has 3 rings (SSSR count). The molecule has 1 heterocycles. The SMILES string of the molecule is Cc1ccc(C)n1-c1ccc(Cl)c(C(=O)NCc2ccc(C(=O)NCC(N)=O)cc2)c1. The number of nitrogens with zero attached hydrogens (tertiary/aromatic N) is 1. The molecular weight excluding hydrogens is 416 g/mol. The van der Waals surface area contributed by atoms with Crippen LogP contribution in [0.1, 0.15) is 37.7 Å². The van der Waals surface area contributed by atoms with Crippen LogP contribution in [-0.2, 0) is 11.3 Å². The molecule has 0 unspecified atom stereocenters. The maximum absolute atomic E-state index is 12.7. The van der Waals surface area contributed by atoms with Crippen LogP contribution in [0.2, 0.25) is 5.02 Å². The Kier molecular flexibility index (Phi) is 6.77.